The van der Waals surface area contributed by atoms with Crippen molar-refractivity contribution in [2.24, 2.45) is 17.8 Å². The largest absolute Gasteiger partial charge is 0.466 e. The maximum absolute atomic E-state index is 13.3. The Morgan fingerprint density at radius 2 is 1.75 bits per heavy atom. The molecule has 144 valence electrons. The Morgan fingerprint density at radius 3 is 2.43 bits per heavy atom. The van der Waals surface area contributed by atoms with E-state index in [0.29, 0.717) is 6.61 Å². The van der Waals surface area contributed by atoms with Crippen LogP contribution in [0.3, 0.4) is 0 Å². The molecule has 0 N–H and O–H groups in total. The topological polar surface area (TPSA) is 46.6 Å². The average molecular weight is 375 g/mol. The number of ether oxygens (including phenoxy) is 1. The van der Waals surface area contributed by atoms with Crippen LogP contribution in [0.1, 0.15) is 31.4 Å². The van der Waals surface area contributed by atoms with Crippen molar-refractivity contribution < 1.29 is 14.3 Å². The van der Waals surface area contributed by atoms with E-state index in [2.05, 4.69) is 24.3 Å². The molecule has 1 aliphatic carbocycles. The van der Waals surface area contributed by atoms with Gasteiger partial charge in [-0.25, -0.2) is 0 Å². The zero-order valence-electron chi connectivity index (χ0n) is 16.0. The smallest absolute Gasteiger partial charge is 0.309 e. The van der Waals surface area contributed by atoms with Gasteiger partial charge < -0.3 is 9.64 Å². The van der Waals surface area contributed by atoms with Crippen LogP contribution in [0.25, 0.3) is 0 Å². The molecule has 1 aliphatic heterocycles. The third-order valence-corrected chi connectivity index (χ3v) is 5.79. The summed E-state index contributed by atoms with van der Waals surface area (Å²) in [5.41, 5.74) is 1.99. The monoisotopic (exact) mass is 375 g/mol. The van der Waals surface area contributed by atoms with Crippen LogP contribution < -0.4 is 4.90 Å². The number of amides is 1. The molecule has 0 spiro atoms. The molecule has 1 fully saturated rings. The molecule has 0 bridgehead atoms. The Kier molecular flexibility index (Phi) is 5.29. The predicted molar refractivity (Wildman–Crippen MR) is 109 cm³/mol. The van der Waals surface area contributed by atoms with E-state index in [1.807, 2.05) is 60.4 Å². The second kappa shape index (κ2) is 8.01. The van der Waals surface area contributed by atoms with E-state index in [-0.39, 0.29) is 35.7 Å². The van der Waals surface area contributed by atoms with Gasteiger partial charge >= 0.3 is 5.97 Å². The Morgan fingerprint density at radius 1 is 1.07 bits per heavy atom. The first-order valence-corrected chi connectivity index (χ1v) is 9.98. The Balaban J connectivity index is 1.71. The number of benzene rings is 2. The first-order chi connectivity index (χ1) is 13.7. The molecule has 2 aromatic carbocycles. The number of β-lactam (4-membered cyclic amide) rings is 1. The number of anilines is 1. The number of rotatable bonds is 5. The van der Waals surface area contributed by atoms with E-state index in [9.17, 15) is 9.59 Å². The molecule has 1 saturated heterocycles. The van der Waals surface area contributed by atoms with Gasteiger partial charge in [-0.2, -0.15) is 0 Å². The highest BCUT2D eigenvalue weighted by molar-refractivity contribution is 6.04. The quantitative estimate of drug-likeness (QED) is 0.438. The lowest BCUT2D eigenvalue weighted by Gasteiger charge is -2.51. The molecule has 4 rings (SSSR count). The number of para-hydroxylation sites is 1. The van der Waals surface area contributed by atoms with Crippen LogP contribution in [-0.4, -0.2) is 18.5 Å². The van der Waals surface area contributed by atoms with Crippen LogP contribution in [0.15, 0.2) is 72.8 Å². The van der Waals surface area contributed by atoms with Gasteiger partial charge in [0.15, 0.2) is 0 Å². The van der Waals surface area contributed by atoms with Crippen molar-refractivity contribution in [3.63, 3.8) is 0 Å². The highest BCUT2D eigenvalue weighted by atomic mass is 16.5. The average Bonchev–Trinajstić information content (AvgIpc) is 2.74. The minimum atomic E-state index is -0.261. The molecule has 0 aromatic heterocycles. The zero-order chi connectivity index (χ0) is 19.5. The van der Waals surface area contributed by atoms with E-state index < -0.39 is 0 Å². The first kappa shape index (κ1) is 18.5. The van der Waals surface area contributed by atoms with Gasteiger partial charge in [-0.3, -0.25) is 9.59 Å². The molecule has 28 heavy (non-hydrogen) atoms. The molecule has 4 atom stereocenters. The van der Waals surface area contributed by atoms with Crippen molar-refractivity contribution in [2.45, 2.75) is 25.8 Å². The van der Waals surface area contributed by atoms with E-state index >= 15 is 0 Å². The summed E-state index contributed by atoms with van der Waals surface area (Å²) in [4.78, 5) is 27.8. The van der Waals surface area contributed by atoms with Crippen molar-refractivity contribution in [3.05, 3.63) is 78.4 Å². The lowest BCUT2D eigenvalue weighted by molar-refractivity contribution is -0.152. The zero-order valence-corrected chi connectivity index (χ0v) is 16.0. The fourth-order valence-electron chi connectivity index (χ4n) is 4.52. The fraction of sp³-hybridized carbons (Fsp3) is 0.333. The van der Waals surface area contributed by atoms with Gasteiger partial charge in [-0.05, 0) is 37.5 Å². The highest BCUT2D eigenvalue weighted by Gasteiger charge is 2.54. The Labute approximate surface area is 165 Å². The van der Waals surface area contributed by atoms with Crippen molar-refractivity contribution >= 4 is 17.6 Å². The number of carbonyl (C=O) groups is 2. The molecule has 2 aliphatic rings. The standard InChI is InChI=1S/C24H25NO3/c1-2-28-24(27)20-16-10-9-15-19(20)21-22(17-11-5-3-6-12-17)25(23(21)26)18-13-7-4-8-14-18/h3-9,11-15,19-22H,2,10,16H2,1H3/t19-,20+,21+,22+/m1/s1. The number of carbonyl (C=O) groups excluding carboxylic acids is 2. The van der Waals surface area contributed by atoms with Crippen LogP contribution in [0.2, 0.25) is 0 Å². The van der Waals surface area contributed by atoms with E-state index in [0.717, 1.165) is 24.1 Å². The minimum absolute atomic E-state index is 0.0749. The van der Waals surface area contributed by atoms with Gasteiger partial charge in [-0.1, -0.05) is 60.7 Å². The summed E-state index contributed by atoms with van der Waals surface area (Å²) in [5.74, 6) is -0.761. The molecule has 2 aromatic rings. The summed E-state index contributed by atoms with van der Waals surface area (Å²) in [6.45, 7) is 2.19. The number of nitrogens with zero attached hydrogens (tertiary/aromatic N) is 1. The highest BCUT2D eigenvalue weighted by Crippen LogP contribution is 2.50. The molecule has 4 heteroatoms. The number of allylic oxidation sites excluding steroid dienone is 2. The maximum atomic E-state index is 13.3. The first-order valence-electron chi connectivity index (χ1n) is 9.98. The Hall–Kier alpha value is -2.88. The summed E-state index contributed by atoms with van der Waals surface area (Å²) >= 11 is 0. The van der Waals surface area contributed by atoms with Gasteiger partial charge in [0.05, 0.1) is 24.5 Å². The summed E-state index contributed by atoms with van der Waals surface area (Å²) in [7, 11) is 0. The molecule has 1 amide bonds. The number of hydrogen-bond donors (Lipinski definition) is 0. The maximum Gasteiger partial charge on any atom is 0.309 e. The van der Waals surface area contributed by atoms with Crippen LogP contribution in [-0.2, 0) is 14.3 Å². The van der Waals surface area contributed by atoms with Crippen LogP contribution >= 0.6 is 0 Å². The van der Waals surface area contributed by atoms with Crippen molar-refractivity contribution in [1.82, 2.24) is 0 Å². The molecule has 0 radical (unpaired) electrons. The van der Waals surface area contributed by atoms with Crippen molar-refractivity contribution in [1.29, 1.82) is 0 Å². The van der Waals surface area contributed by atoms with Crippen LogP contribution in [0.5, 0.6) is 0 Å². The third kappa shape index (κ3) is 3.24. The minimum Gasteiger partial charge on any atom is -0.466 e. The molecule has 0 saturated carbocycles. The van der Waals surface area contributed by atoms with Gasteiger partial charge in [0.1, 0.15) is 0 Å². The predicted octanol–water partition coefficient (Wildman–Crippen LogP) is 4.54. The van der Waals surface area contributed by atoms with E-state index in [4.69, 9.17) is 4.74 Å². The summed E-state index contributed by atoms with van der Waals surface area (Å²) in [6.07, 6.45) is 5.74. The van der Waals surface area contributed by atoms with E-state index in [1.54, 1.807) is 0 Å². The molecular weight excluding hydrogens is 350 g/mol. The van der Waals surface area contributed by atoms with Gasteiger partial charge in [0.25, 0.3) is 0 Å². The van der Waals surface area contributed by atoms with Gasteiger partial charge in [0, 0.05) is 11.6 Å². The second-order valence-electron chi connectivity index (χ2n) is 7.37. The van der Waals surface area contributed by atoms with Crippen molar-refractivity contribution in [3.8, 4) is 0 Å². The Bertz CT molecular complexity index is 862. The molecule has 4 nitrogen and oxygen atoms in total. The second-order valence-corrected chi connectivity index (χ2v) is 7.37. The fourth-order valence-corrected chi connectivity index (χ4v) is 4.52. The van der Waals surface area contributed by atoms with Crippen LogP contribution in [0, 0.1) is 17.8 Å². The van der Waals surface area contributed by atoms with E-state index in [1.165, 1.54) is 0 Å². The van der Waals surface area contributed by atoms with Gasteiger partial charge in [0.2, 0.25) is 5.91 Å². The number of hydrogen-bond acceptors (Lipinski definition) is 3. The lowest BCUT2D eigenvalue weighted by atomic mass is 9.67. The molecule has 1 heterocycles. The SMILES string of the molecule is CCOC(=O)[C@H]1CCC=C[C@H]1[C@@H]1C(=O)N(c2ccccc2)[C@H]1c1ccccc1. The van der Waals surface area contributed by atoms with Crippen LogP contribution in [0.4, 0.5) is 5.69 Å². The summed E-state index contributed by atoms with van der Waals surface area (Å²) in [5, 5.41) is 0. The lowest BCUT2D eigenvalue weighted by Crippen LogP contribution is -2.59. The van der Waals surface area contributed by atoms with Crippen molar-refractivity contribution in [2.75, 3.05) is 11.5 Å². The van der Waals surface area contributed by atoms with Gasteiger partial charge in [-0.15, -0.1) is 0 Å². The number of esters is 1. The normalized spacial score (nSPS) is 26.6. The summed E-state index contributed by atoms with van der Waals surface area (Å²) < 4.78 is 5.32. The summed E-state index contributed by atoms with van der Waals surface area (Å²) in [6, 6.07) is 19.8. The molecular formula is C24H25NO3. The molecule has 0 unspecified atom stereocenters. The third-order valence-electron chi connectivity index (χ3n) is 5.79.